The fourth-order valence-corrected chi connectivity index (χ4v) is 1.96. The van der Waals surface area contributed by atoms with Gasteiger partial charge < -0.3 is 4.74 Å². The van der Waals surface area contributed by atoms with Gasteiger partial charge in [-0.25, -0.2) is 4.39 Å². The van der Waals surface area contributed by atoms with Crippen molar-refractivity contribution in [3.8, 4) is 5.75 Å². The van der Waals surface area contributed by atoms with Gasteiger partial charge in [-0.15, -0.1) is 0 Å². The quantitative estimate of drug-likeness (QED) is 0.821. The molecule has 2 rings (SSSR count). The molecule has 0 heterocycles. The van der Waals surface area contributed by atoms with Gasteiger partial charge in [-0.2, -0.15) is 0 Å². The molecule has 2 nitrogen and oxygen atoms in total. The zero-order valence-electron chi connectivity index (χ0n) is 10.4. The third-order valence-corrected chi connectivity index (χ3v) is 3.18. The summed E-state index contributed by atoms with van der Waals surface area (Å²) in [5.74, 6) is -0.260. The van der Waals surface area contributed by atoms with Crippen LogP contribution in [-0.2, 0) is 11.2 Å². The second kappa shape index (κ2) is 6.73. The monoisotopic (exact) mass is 312 g/mol. The van der Waals surface area contributed by atoms with E-state index < -0.39 is 5.82 Å². The molecule has 0 aliphatic heterocycles. The fourth-order valence-electron chi connectivity index (χ4n) is 1.64. The summed E-state index contributed by atoms with van der Waals surface area (Å²) in [5.41, 5.74) is 0.266. The largest absolute Gasteiger partial charge is 0.486 e. The van der Waals surface area contributed by atoms with E-state index in [0.29, 0.717) is 10.8 Å². The minimum Gasteiger partial charge on any atom is -0.486 e. The predicted octanol–water partition coefficient (Wildman–Crippen LogP) is 4.32. The van der Waals surface area contributed by atoms with Gasteiger partial charge in [-0.1, -0.05) is 35.3 Å². The second-order valence-corrected chi connectivity index (χ2v) is 5.01. The van der Waals surface area contributed by atoms with E-state index in [1.165, 1.54) is 12.1 Å². The highest BCUT2D eigenvalue weighted by atomic mass is 35.5. The average molecular weight is 313 g/mol. The fraction of sp³-hybridized carbons (Fsp3) is 0.133. The number of hydrogen-bond acceptors (Lipinski definition) is 2. The summed E-state index contributed by atoms with van der Waals surface area (Å²) in [6, 6.07) is 11.2. The van der Waals surface area contributed by atoms with E-state index in [0.717, 1.165) is 0 Å². The summed E-state index contributed by atoms with van der Waals surface area (Å²) in [5, 5.41) is 0.596. The third kappa shape index (κ3) is 3.95. The molecule has 0 saturated heterocycles. The Balaban J connectivity index is 1.92. The average Bonchev–Trinajstić information content (AvgIpc) is 2.43. The van der Waals surface area contributed by atoms with Gasteiger partial charge in [0.1, 0.15) is 18.2 Å². The van der Waals surface area contributed by atoms with Gasteiger partial charge >= 0.3 is 0 Å². The highest BCUT2D eigenvalue weighted by Crippen LogP contribution is 2.19. The number of Topliss-reactive ketones (excluding diaryl/α,β-unsaturated/α-hetero) is 1. The number of halogens is 3. The van der Waals surface area contributed by atoms with Crippen LogP contribution in [0.2, 0.25) is 10.0 Å². The Morgan fingerprint density at radius 3 is 2.50 bits per heavy atom. The molecule has 0 amide bonds. The zero-order chi connectivity index (χ0) is 14.5. The van der Waals surface area contributed by atoms with Crippen molar-refractivity contribution in [3.63, 3.8) is 0 Å². The first-order valence-electron chi connectivity index (χ1n) is 5.89. The van der Waals surface area contributed by atoms with E-state index in [-0.39, 0.29) is 29.4 Å². The molecule has 5 heteroatoms. The molecule has 0 saturated carbocycles. The summed E-state index contributed by atoms with van der Waals surface area (Å²) >= 11 is 11.4. The Labute approximate surface area is 126 Å². The standard InChI is InChI=1S/C15H11Cl2FO2/c16-11-4-6-13(7-5-11)20-9-12(19)8-10-2-1-3-14(17)15(10)18/h1-7H,8-9H2. The van der Waals surface area contributed by atoms with Crippen molar-refractivity contribution in [3.05, 3.63) is 63.9 Å². The molecule has 104 valence electrons. The molecule has 2 aromatic carbocycles. The Bertz CT molecular complexity index is 612. The third-order valence-electron chi connectivity index (χ3n) is 2.63. The topological polar surface area (TPSA) is 26.3 Å². The molecule has 20 heavy (non-hydrogen) atoms. The molecular formula is C15H11Cl2FO2. The number of ketones is 1. The maximum Gasteiger partial charge on any atom is 0.174 e. The van der Waals surface area contributed by atoms with Gasteiger partial charge in [0, 0.05) is 11.4 Å². The molecule has 0 atom stereocenters. The molecule has 0 fully saturated rings. The summed E-state index contributed by atoms with van der Waals surface area (Å²) in [7, 11) is 0. The normalized spacial score (nSPS) is 10.3. The molecule has 0 N–H and O–H groups in total. The van der Waals surface area contributed by atoms with Crippen LogP contribution in [-0.4, -0.2) is 12.4 Å². The van der Waals surface area contributed by atoms with Crippen LogP contribution in [0, 0.1) is 5.82 Å². The lowest BCUT2D eigenvalue weighted by atomic mass is 10.1. The number of benzene rings is 2. The Morgan fingerprint density at radius 1 is 1.10 bits per heavy atom. The molecular weight excluding hydrogens is 302 g/mol. The van der Waals surface area contributed by atoms with Crippen molar-refractivity contribution in [2.24, 2.45) is 0 Å². The lowest BCUT2D eigenvalue weighted by molar-refractivity contribution is -0.120. The number of carbonyl (C=O) groups excluding carboxylic acids is 1. The first-order chi connectivity index (χ1) is 9.56. The highest BCUT2D eigenvalue weighted by molar-refractivity contribution is 6.31. The van der Waals surface area contributed by atoms with Crippen LogP contribution in [0.3, 0.4) is 0 Å². The molecule has 0 bridgehead atoms. The van der Waals surface area contributed by atoms with Gasteiger partial charge in [0.05, 0.1) is 5.02 Å². The van der Waals surface area contributed by atoms with Crippen LogP contribution in [0.25, 0.3) is 0 Å². The lowest BCUT2D eigenvalue weighted by Gasteiger charge is -2.06. The predicted molar refractivity (Wildman–Crippen MR) is 77.1 cm³/mol. The van der Waals surface area contributed by atoms with E-state index in [4.69, 9.17) is 27.9 Å². The molecule has 0 radical (unpaired) electrons. The molecule has 2 aromatic rings. The van der Waals surface area contributed by atoms with Gasteiger partial charge in [-0.05, 0) is 35.9 Å². The second-order valence-electron chi connectivity index (χ2n) is 4.17. The van der Waals surface area contributed by atoms with Gasteiger partial charge in [0.25, 0.3) is 0 Å². The maximum atomic E-state index is 13.6. The van der Waals surface area contributed by atoms with Crippen LogP contribution < -0.4 is 4.74 Å². The first kappa shape index (κ1) is 14.8. The summed E-state index contributed by atoms with van der Waals surface area (Å²) in [6.07, 6.45) is -0.0556. The first-order valence-corrected chi connectivity index (χ1v) is 6.65. The van der Waals surface area contributed by atoms with Crippen LogP contribution in [0.5, 0.6) is 5.75 Å². The van der Waals surface area contributed by atoms with Crippen molar-refractivity contribution >= 4 is 29.0 Å². The van der Waals surface area contributed by atoms with Crippen molar-refractivity contribution in [1.29, 1.82) is 0 Å². The molecule has 0 aromatic heterocycles. The van der Waals surface area contributed by atoms with Crippen LogP contribution in [0.4, 0.5) is 4.39 Å². The van der Waals surface area contributed by atoms with E-state index >= 15 is 0 Å². The lowest BCUT2D eigenvalue weighted by Crippen LogP contribution is -2.14. The Kier molecular flexibility index (Phi) is 4.99. The SMILES string of the molecule is O=C(COc1ccc(Cl)cc1)Cc1cccc(Cl)c1F. The molecule has 0 unspecified atom stereocenters. The van der Waals surface area contributed by atoms with Gasteiger partial charge in [0.2, 0.25) is 0 Å². The Morgan fingerprint density at radius 2 is 1.80 bits per heavy atom. The number of rotatable bonds is 5. The van der Waals surface area contributed by atoms with Crippen LogP contribution in [0.15, 0.2) is 42.5 Å². The van der Waals surface area contributed by atoms with Crippen molar-refractivity contribution in [2.45, 2.75) is 6.42 Å². The van der Waals surface area contributed by atoms with Crippen molar-refractivity contribution in [1.82, 2.24) is 0 Å². The van der Waals surface area contributed by atoms with E-state index in [1.807, 2.05) is 0 Å². The zero-order valence-corrected chi connectivity index (χ0v) is 11.9. The minimum atomic E-state index is -0.561. The smallest absolute Gasteiger partial charge is 0.174 e. The van der Waals surface area contributed by atoms with Gasteiger partial charge in [0.15, 0.2) is 5.78 Å². The van der Waals surface area contributed by atoms with Crippen molar-refractivity contribution in [2.75, 3.05) is 6.61 Å². The molecule has 0 aliphatic rings. The van der Waals surface area contributed by atoms with Crippen LogP contribution >= 0.6 is 23.2 Å². The van der Waals surface area contributed by atoms with E-state index in [9.17, 15) is 9.18 Å². The number of ether oxygens (including phenoxy) is 1. The molecule has 0 aliphatic carbocycles. The number of hydrogen-bond donors (Lipinski definition) is 0. The Hall–Kier alpha value is -1.58. The molecule has 0 spiro atoms. The summed E-state index contributed by atoms with van der Waals surface area (Å²) in [4.78, 5) is 11.8. The van der Waals surface area contributed by atoms with Gasteiger partial charge in [-0.3, -0.25) is 4.79 Å². The summed E-state index contributed by atoms with van der Waals surface area (Å²) in [6.45, 7) is -0.131. The minimum absolute atomic E-state index is 0.00826. The van der Waals surface area contributed by atoms with Crippen molar-refractivity contribution < 1.29 is 13.9 Å². The van der Waals surface area contributed by atoms with E-state index in [2.05, 4.69) is 0 Å². The number of carbonyl (C=O) groups is 1. The highest BCUT2D eigenvalue weighted by Gasteiger charge is 2.11. The van der Waals surface area contributed by atoms with Crippen LogP contribution in [0.1, 0.15) is 5.56 Å². The van der Waals surface area contributed by atoms with E-state index in [1.54, 1.807) is 30.3 Å². The maximum absolute atomic E-state index is 13.6. The summed E-state index contributed by atoms with van der Waals surface area (Å²) < 4.78 is 18.9.